The minimum atomic E-state index is -0.374. The largest absolute Gasteiger partial charge is 0.312 e. The second kappa shape index (κ2) is 6.51. The van der Waals surface area contributed by atoms with E-state index in [1.807, 2.05) is 7.05 Å². The fraction of sp³-hybridized carbons (Fsp3) is 0.333. The molecule has 1 heterocycles. The van der Waals surface area contributed by atoms with Crippen molar-refractivity contribution >= 4 is 22.9 Å². The molecule has 2 aromatic rings. The van der Waals surface area contributed by atoms with E-state index >= 15 is 0 Å². The van der Waals surface area contributed by atoms with Crippen LogP contribution in [0.25, 0.3) is 10.4 Å². The highest BCUT2D eigenvalue weighted by molar-refractivity contribution is 7.15. The minimum absolute atomic E-state index is 0.172. The summed E-state index contributed by atoms with van der Waals surface area (Å²) in [6, 6.07) is 9.46. The van der Waals surface area contributed by atoms with Crippen LogP contribution in [0.4, 0.5) is 4.39 Å². The van der Waals surface area contributed by atoms with Crippen LogP contribution >= 0.6 is 22.9 Å². The summed E-state index contributed by atoms with van der Waals surface area (Å²) in [5.41, 5.74) is 0.967. The third-order valence-electron chi connectivity index (χ3n) is 3.10. The zero-order valence-electron chi connectivity index (χ0n) is 11.0. The van der Waals surface area contributed by atoms with Crippen molar-refractivity contribution in [2.24, 2.45) is 0 Å². The Bertz CT molecular complexity index is 553. The number of halogens is 2. The van der Waals surface area contributed by atoms with Crippen LogP contribution in [0, 0.1) is 5.82 Å². The molecule has 19 heavy (non-hydrogen) atoms. The van der Waals surface area contributed by atoms with Gasteiger partial charge in [-0.05, 0) is 43.3 Å². The highest BCUT2D eigenvalue weighted by Gasteiger charge is 2.12. The second-order valence-electron chi connectivity index (χ2n) is 4.46. The van der Waals surface area contributed by atoms with Crippen molar-refractivity contribution < 1.29 is 4.39 Å². The van der Waals surface area contributed by atoms with E-state index in [2.05, 4.69) is 24.4 Å². The molecule has 1 nitrogen and oxygen atoms in total. The maximum Gasteiger partial charge on any atom is 0.141 e. The Morgan fingerprint density at radius 2 is 2.11 bits per heavy atom. The third-order valence-corrected chi connectivity index (χ3v) is 4.64. The van der Waals surface area contributed by atoms with E-state index < -0.39 is 0 Å². The smallest absolute Gasteiger partial charge is 0.141 e. The van der Waals surface area contributed by atoms with Gasteiger partial charge in [0.25, 0.3) is 0 Å². The molecule has 0 saturated carbocycles. The van der Waals surface area contributed by atoms with E-state index in [1.54, 1.807) is 23.5 Å². The van der Waals surface area contributed by atoms with Crippen molar-refractivity contribution in [1.29, 1.82) is 0 Å². The maximum absolute atomic E-state index is 13.2. The first-order valence-corrected chi connectivity index (χ1v) is 7.57. The van der Waals surface area contributed by atoms with Crippen molar-refractivity contribution in [3.63, 3.8) is 0 Å². The summed E-state index contributed by atoms with van der Waals surface area (Å²) in [5.74, 6) is -0.374. The lowest BCUT2D eigenvalue weighted by Gasteiger charge is -2.12. The summed E-state index contributed by atoms with van der Waals surface area (Å²) in [6.45, 7) is 2.18. The molecule has 1 unspecified atom stereocenters. The molecule has 1 N–H and O–H groups in total. The molecule has 4 heteroatoms. The van der Waals surface area contributed by atoms with E-state index in [-0.39, 0.29) is 10.8 Å². The lowest BCUT2D eigenvalue weighted by Crippen LogP contribution is -2.14. The van der Waals surface area contributed by atoms with Gasteiger partial charge in [-0.15, -0.1) is 11.3 Å². The van der Waals surface area contributed by atoms with Crippen molar-refractivity contribution in [2.45, 2.75) is 25.8 Å². The SMILES string of the molecule is CCCC(NC)c1ccc(-c2ccc(F)c(Cl)c2)s1. The van der Waals surface area contributed by atoms with Crippen LogP contribution in [0.5, 0.6) is 0 Å². The first kappa shape index (κ1) is 14.5. The van der Waals surface area contributed by atoms with E-state index in [1.165, 1.54) is 10.9 Å². The van der Waals surface area contributed by atoms with Gasteiger partial charge >= 0.3 is 0 Å². The average Bonchev–Trinajstić information content (AvgIpc) is 2.88. The number of rotatable bonds is 5. The first-order valence-electron chi connectivity index (χ1n) is 6.38. The molecule has 0 amide bonds. The van der Waals surface area contributed by atoms with Crippen molar-refractivity contribution in [3.05, 3.63) is 46.0 Å². The van der Waals surface area contributed by atoms with Gasteiger partial charge in [0, 0.05) is 15.8 Å². The van der Waals surface area contributed by atoms with Gasteiger partial charge < -0.3 is 5.32 Å². The predicted molar refractivity (Wildman–Crippen MR) is 81.4 cm³/mol. The molecule has 1 aromatic heterocycles. The van der Waals surface area contributed by atoms with Gasteiger partial charge in [-0.1, -0.05) is 31.0 Å². The minimum Gasteiger partial charge on any atom is -0.312 e. The lowest BCUT2D eigenvalue weighted by molar-refractivity contribution is 0.550. The molecule has 0 aliphatic carbocycles. The van der Waals surface area contributed by atoms with Crippen LogP contribution in [0.3, 0.4) is 0 Å². The predicted octanol–water partition coefficient (Wildman–Crippen LogP) is 5.27. The molecule has 0 saturated heterocycles. The van der Waals surface area contributed by atoms with Gasteiger partial charge in [-0.3, -0.25) is 0 Å². The molecule has 2 rings (SSSR count). The van der Waals surface area contributed by atoms with E-state index in [4.69, 9.17) is 11.6 Å². The highest BCUT2D eigenvalue weighted by Crippen LogP contribution is 2.34. The zero-order valence-corrected chi connectivity index (χ0v) is 12.6. The molecule has 1 atom stereocenters. The Morgan fingerprint density at radius 1 is 1.32 bits per heavy atom. The van der Waals surface area contributed by atoms with Gasteiger partial charge in [0.05, 0.1) is 5.02 Å². The van der Waals surface area contributed by atoms with E-state index in [0.717, 1.165) is 23.3 Å². The molecule has 1 aromatic carbocycles. The number of nitrogens with one attached hydrogen (secondary N) is 1. The first-order chi connectivity index (χ1) is 9.15. The number of hydrogen-bond donors (Lipinski definition) is 1. The molecule has 0 fully saturated rings. The highest BCUT2D eigenvalue weighted by atomic mass is 35.5. The molecular weight excluding hydrogens is 281 g/mol. The van der Waals surface area contributed by atoms with Crippen molar-refractivity contribution in [1.82, 2.24) is 5.32 Å². The molecular formula is C15H17ClFNS. The Balaban J connectivity index is 2.27. The number of benzene rings is 1. The molecule has 0 radical (unpaired) electrons. The molecule has 0 bridgehead atoms. The summed E-state index contributed by atoms with van der Waals surface area (Å²) in [6.07, 6.45) is 2.25. The van der Waals surface area contributed by atoms with Gasteiger partial charge in [-0.2, -0.15) is 0 Å². The monoisotopic (exact) mass is 297 g/mol. The van der Waals surface area contributed by atoms with Crippen molar-refractivity contribution in [2.75, 3.05) is 7.05 Å². The van der Waals surface area contributed by atoms with Gasteiger partial charge in [0.1, 0.15) is 5.82 Å². The van der Waals surface area contributed by atoms with E-state index in [9.17, 15) is 4.39 Å². The zero-order chi connectivity index (χ0) is 13.8. The fourth-order valence-electron chi connectivity index (χ4n) is 2.06. The van der Waals surface area contributed by atoms with Crippen LogP contribution in [0.2, 0.25) is 5.02 Å². The average molecular weight is 298 g/mol. The van der Waals surface area contributed by atoms with Crippen LogP contribution in [-0.2, 0) is 0 Å². The normalized spacial score (nSPS) is 12.6. The van der Waals surface area contributed by atoms with Gasteiger partial charge in [0.2, 0.25) is 0 Å². The third kappa shape index (κ3) is 3.35. The maximum atomic E-state index is 13.2. The Labute approximate surface area is 122 Å². The molecule has 0 aliphatic rings. The van der Waals surface area contributed by atoms with Gasteiger partial charge in [-0.25, -0.2) is 4.39 Å². The van der Waals surface area contributed by atoms with Crippen LogP contribution in [0.1, 0.15) is 30.7 Å². The standard InChI is InChI=1S/C15H17ClFNS/c1-3-4-13(18-2)15-8-7-14(19-15)10-5-6-12(17)11(16)9-10/h5-9,13,18H,3-4H2,1-2H3. The molecule has 0 aliphatic heterocycles. The summed E-state index contributed by atoms with van der Waals surface area (Å²) in [7, 11) is 1.98. The van der Waals surface area contributed by atoms with Crippen LogP contribution < -0.4 is 5.32 Å². The number of thiophene rings is 1. The topological polar surface area (TPSA) is 12.0 Å². The Hall–Kier alpha value is -0.900. The Kier molecular flexibility index (Phi) is 4.97. The molecule has 102 valence electrons. The summed E-state index contributed by atoms with van der Waals surface area (Å²) in [4.78, 5) is 2.42. The second-order valence-corrected chi connectivity index (χ2v) is 5.98. The Morgan fingerprint density at radius 3 is 2.74 bits per heavy atom. The van der Waals surface area contributed by atoms with Crippen molar-refractivity contribution in [3.8, 4) is 10.4 Å². The van der Waals surface area contributed by atoms with E-state index in [0.29, 0.717) is 6.04 Å². The number of hydrogen-bond acceptors (Lipinski definition) is 2. The lowest BCUT2D eigenvalue weighted by atomic mass is 10.1. The quantitative estimate of drug-likeness (QED) is 0.793. The summed E-state index contributed by atoms with van der Waals surface area (Å²) >= 11 is 7.56. The summed E-state index contributed by atoms with van der Waals surface area (Å²) in [5, 5.41) is 3.50. The van der Waals surface area contributed by atoms with Gasteiger partial charge in [0.15, 0.2) is 0 Å². The molecule has 0 spiro atoms. The fourth-order valence-corrected chi connectivity index (χ4v) is 3.39. The van der Waals surface area contributed by atoms with Crippen LogP contribution in [0.15, 0.2) is 30.3 Å². The van der Waals surface area contributed by atoms with Crippen LogP contribution in [-0.4, -0.2) is 7.05 Å². The summed E-state index contributed by atoms with van der Waals surface area (Å²) < 4.78 is 13.2.